The molecule has 0 heterocycles. The average Bonchev–Trinajstić information content (AvgIpc) is 2.14. The first-order valence-electron chi connectivity index (χ1n) is 5.47. The van der Waals surface area contributed by atoms with Gasteiger partial charge in [0, 0.05) is 11.6 Å². The maximum atomic E-state index is 5.90. The van der Waals surface area contributed by atoms with Crippen molar-refractivity contribution in [3.05, 3.63) is 29.3 Å². The number of hydrogen-bond donors (Lipinski definition) is 0. The minimum absolute atomic E-state index is 0.523. The van der Waals surface area contributed by atoms with Crippen LogP contribution in [0.1, 0.15) is 13.8 Å². The van der Waals surface area contributed by atoms with E-state index < -0.39 is 8.56 Å². The van der Waals surface area contributed by atoms with Crippen molar-refractivity contribution in [3.8, 4) is 5.75 Å². The zero-order valence-corrected chi connectivity index (χ0v) is 12.0. The van der Waals surface area contributed by atoms with Gasteiger partial charge in [0.15, 0.2) is 0 Å². The van der Waals surface area contributed by atoms with Crippen molar-refractivity contribution in [2.24, 2.45) is 5.92 Å². The Morgan fingerprint density at radius 2 is 2.00 bits per heavy atom. The Kier molecular flexibility index (Phi) is 4.83. The van der Waals surface area contributed by atoms with Crippen LogP contribution in [-0.4, -0.2) is 15.2 Å². The molecule has 90 valence electrons. The first kappa shape index (κ1) is 13.6. The van der Waals surface area contributed by atoms with Crippen molar-refractivity contribution in [2.75, 3.05) is 6.61 Å². The summed E-state index contributed by atoms with van der Waals surface area (Å²) in [6.07, 6.45) is 0. The van der Waals surface area contributed by atoms with Gasteiger partial charge in [-0.05, 0) is 37.2 Å². The third kappa shape index (κ3) is 5.01. The standard InChI is InChI=1S/C12H19ClO2Si/c1-10(2)9-14-16(3,4)15-12-7-5-6-11(13)8-12/h5-8,10H,9H2,1-4H3. The van der Waals surface area contributed by atoms with E-state index in [1.165, 1.54) is 0 Å². The van der Waals surface area contributed by atoms with Crippen LogP contribution in [0.25, 0.3) is 0 Å². The summed E-state index contributed by atoms with van der Waals surface area (Å²) in [6.45, 7) is 9.07. The van der Waals surface area contributed by atoms with Gasteiger partial charge in [-0.25, -0.2) is 0 Å². The number of halogens is 1. The van der Waals surface area contributed by atoms with E-state index in [1.54, 1.807) is 0 Å². The monoisotopic (exact) mass is 258 g/mol. The van der Waals surface area contributed by atoms with Crippen LogP contribution >= 0.6 is 11.6 Å². The Balaban J connectivity index is 2.58. The van der Waals surface area contributed by atoms with Crippen molar-refractivity contribution in [1.29, 1.82) is 0 Å². The van der Waals surface area contributed by atoms with Gasteiger partial charge in [0.05, 0.1) is 0 Å². The summed E-state index contributed by atoms with van der Waals surface area (Å²) in [6, 6.07) is 7.43. The van der Waals surface area contributed by atoms with E-state index in [4.69, 9.17) is 20.5 Å². The molecule has 0 fully saturated rings. The van der Waals surface area contributed by atoms with Gasteiger partial charge >= 0.3 is 8.56 Å². The van der Waals surface area contributed by atoms with E-state index in [9.17, 15) is 0 Å². The van der Waals surface area contributed by atoms with Gasteiger partial charge < -0.3 is 8.85 Å². The third-order valence-corrected chi connectivity index (χ3v) is 3.75. The fourth-order valence-corrected chi connectivity index (χ4v) is 2.88. The lowest BCUT2D eigenvalue weighted by Gasteiger charge is -2.24. The third-order valence-electron chi connectivity index (χ3n) is 1.92. The molecule has 0 amide bonds. The van der Waals surface area contributed by atoms with E-state index in [1.807, 2.05) is 37.4 Å². The van der Waals surface area contributed by atoms with E-state index in [-0.39, 0.29) is 0 Å². The van der Waals surface area contributed by atoms with E-state index in [2.05, 4.69) is 13.8 Å². The van der Waals surface area contributed by atoms with Crippen molar-refractivity contribution in [1.82, 2.24) is 0 Å². The number of rotatable bonds is 5. The largest absolute Gasteiger partial charge is 0.520 e. The molecule has 0 unspecified atom stereocenters. The highest BCUT2D eigenvalue weighted by Crippen LogP contribution is 2.21. The lowest BCUT2D eigenvalue weighted by atomic mass is 10.2. The van der Waals surface area contributed by atoms with Gasteiger partial charge in [-0.1, -0.05) is 31.5 Å². The Labute approximate surface area is 104 Å². The molecule has 0 bridgehead atoms. The molecule has 0 saturated heterocycles. The van der Waals surface area contributed by atoms with Gasteiger partial charge in [-0.15, -0.1) is 0 Å². The van der Waals surface area contributed by atoms with E-state index in [0.29, 0.717) is 10.9 Å². The Hall–Kier alpha value is -0.513. The number of benzene rings is 1. The van der Waals surface area contributed by atoms with Crippen molar-refractivity contribution < 1.29 is 8.85 Å². The van der Waals surface area contributed by atoms with Crippen molar-refractivity contribution in [2.45, 2.75) is 26.9 Å². The Bertz CT molecular complexity index is 340. The molecule has 0 aromatic heterocycles. The maximum absolute atomic E-state index is 5.90. The SMILES string of the molecule is CC(C)CO[Si](C)(C)Oc1cccc(Cl)c1. The van der Waals surface area contributed by atoms with Crippen LogP contribution in [0.4, 0.5) is 0 Å². The van der Waals surface area contributed by atoms with Crippen LogP contribution in [0.15, 0.2) is 24.3 Å². The molecule has 2 nitrogen and oxygen atoms in total. The molecule has 0 spiro atoms. The van der Waals surface area contributed by atoms with Crippen LogP contribution in [0, 0.1) is 5.92 Å². The highest BCUT2D eigenvalue weighted by atomic mass is 35.5. The average molecular weight is 259 g/mol. The van der Waals surface area contributed by atoms with Crippen LogP contribution in [0.2, 0.25) is 18.1 Å². The summed E-state index contributed by atoms with van der Waals surface area (Å²) in [5.74, 6) is 1.31. The van der Waals surface area contributed by atoms with Gasteiger partial charge in [0.1, 0.15) is 5.75 Å². The molecule has 0 N–H and O–H groups in total. The van der Waals surface area contributed by atoms with E-state index >= 15 is 0 Å². The molecular formula is C12H19ClO2Si. The predicted octanol–water partition coefficient (Wildman–Crippen LogP) is 4.09. The quantitative estimate of drug-likeness (QED) is 0.741. The lowest BCUT2D eigenvalue weighted by Crippen LogP contribution is -2.39. The zero-order valence-electron chi connectivity index (χ0n) is 10.3. The molecule has 0 saturated carbocycles. The molecule has 0 radical (unpaired) electrons. The zero-order chi connectivity index (χ0) is 12.2. The van der Waals surface area contributed by atoms with E-state index in [0.717, 1.165) is 12.4 Å². The van der Waals surface area contributed by atoms with Gasteiger partial charge in [-0.2, -0.15) is 0 Å². The van der Waals surface area contributed by atoms with Crippen molar-refractivity contribution >= 4 is 20.2 Å². The number of hydrogen-bond acceptors (Lipinski definition) is 2. The highest BCUT2D eigenvalue weighted by molar-refractivity contribution is 6.65. The van der Waals surface area contributed by atoms with Crippen LogP contribution in [-0.2, 0) is 4.43 Å². The van der Waals surface area contributed by atoms with Crippen LogP contribution in [0.3, 0.4) is 0 Å². The maximum Gasteiger partial charge on any atom is 0.392 e. The molecule has 0 atom stereocenters. The summed E-state index contributed by atoms with van der Waals surface area (Å²) in [5.41, 5.74) is 0. The van der Waals surface area contributed by atoms with Crippen molar-refractivity contribution in [3.63, 3.8) is 0 Å². The second kappa shape index (κ2) is 5.71. The molecule has 1 rings (SSSR count). The topological polar surface area (TPSA) is 18.5 Å². The highest BCUT2D eigenvalue weighted by Gasteiger charge is 2.27. The summed E-state index contributed by atoms with van der Waals surface area (Å²) in [4.78, 5) is 0. The molecule has 16 heavy (non-hydrogen) atoms. The molecule has 1 aromatic rings. The molecule has 0 aliphatic rings. The van der Waals surface area contributed by atoms with Gasteiger partial charge in [0.2, 0.25) is 0 Å². The normalized spacial score (nSPS) is 11.9. The smallest absolute Gasteiger partial charge is 0.392 e. The molecule has 4 heteroatoms. The molecule has 1 aromatic carbocycles. The predicted molar refractivity (Wildman–Crippen MR) is 70.4 cm³/mol. The fraction of sp³-hybridized carbons (Fsp3) is 0.500. The fourth-order valence-electron chi connectivity index (χ4n) is 1.21. The molecular weight excluding hydrogens is 240 g/mol. The lowest BCUT2D eigenvalue weighted by molar-refractivity contribution is 0.216. The first-order valence-corrected chi connectivity index (χ1v) is 8.67. The second-order valence-electron chi connectivity index (χ2n) is 4.66. The van der Waals surface area contributed by atoms with Gasteiger partial charge in [-0.3, -0.25) is 0 Å². The van der Waals surface area contributed by atoms with Crippen LogP contribution in [0.5, 0.6) is 5.75 Å². The Morgan fingerprint density at radius 1 is 1.31 bits per heavy atom. The summed E-state index contributed by atoms with van der Waals surface area (Å²) < 4.78 is 11.7. The molecule has 0 aliphatic heterocycles. The van der Waals surface area contributed by atoms with Crippen LogP contribution < -0.4 is 4.43 Å². The molecule has 0 aliphatic carbocycles. The first-order chi connectivity index (χ1) is 7.39. The Morgan fingerprint density at radius 3 is 2.56 bits per heavy atom. The summed E-state index contributed by atoms with van der Waals surface area (Å²) >= 11 is 5.90. The minimum Gasteiger partial charge on any atom is -0.520 e. The minimum atomic E-state index is -2.09. The second-order valence-corrected chi connectivity index (χ2v) is 8.39. The summed E-state index contributed by atoms with van der Waals surface area (Å²) in [5, 5.41) is 0.686. The summed E-state index contributed by atoms with van der Waals surface area (Å²) in [7, 11) is -2.09. The van der Waals surface area contributed by atoms with Gasteiger partial charge in [0.25, 0.3) is 0 Å².